The second-order valence-electron chi connectivity index (χ2n) is 5.51. The second-order valence-corrected chi connectivity index (χ2v) is 5.51. The highest BCUT2D eigenvalue weighted by Crippen LogP contribution is 2.32. The molecule has 0 spiro atoms. The molecule has 1 heterocycles. The molecule has 0 bridgehead atoms. The molecule has 1 aromatic rings. The Hall–Kier alpha value is -1.92. The summed E-state index contributed by atoms with van der Waals surface area (Å²) >= 11 is 0. The number of amides is 1. The van der Waals surface area contributed by atoms with Crippen LogP contribution in [0.1, 0.15) is 18.4 Å². The van der Waals surface area contributed by atoms with E-state index >= 15 is 0 Å². The van der Waals surface area contributed by atoms with Crippen molar-refractivity contribution in [2.75, 3.05) is 39.5 Å². The fourth-order valence-electron chi connectivity index (χ4n) is 2.81. The van der Waals surface area contributed by atoms with Crippen molar-refractivity contribution in [3.8, 4) is 0 Å². The minimum Gasteiger partial charge on any atom is -0.481 e. The van der Waals surface area contributed by atoms with Crippen LogP contribution in [-0.2, 0) is 19.1 Å². The summed E-state index contributed by atoms with van der Waals surface area (Å²) in [6.45, 7) is 3.91. The normalized spacial score (nSPS) is 20.7. The van der Waals surface area contributed by atoms with Crippen molar-refractivity contribution in [2.24, 2.45) is 5.92 Å². The zero-order chi connectivity index (χ0) is 16.7. The van der Waals surface area contributed by atoms with Gasteiger partial charge in [0.15, 0.2) is 0 Å². The molecule has 1 amide bonds. The summed E-state index contributed by atoms with van der Waals surface area (Å²) in [6, 6.07) is 9.48. The van der Waals surface area contributed by atoms with Crippen LogP contribution in [0.25, 0.3) is 0 Å². The maximum Gasteiger partial charge on any atom is 0.308 e. The third kappa shape index (κ3) is 4.77. The van der Waals surface area contributed by atoms with Gasteiger partial charge in [0, 0.05) is 25.6 Å². The van der Waals surface area contributed by atoms with Crippen molar-refractivity contribution in [2.45, 2.75) is 12.8 Å². The highest BCUT2D eigenvalue weighted by atomic mass is 16.5. The highest BCUT2D eigenvalue weighted by Gasteiger charge is 2.40. The number of carbonyl (C=O) groups excluding carboxylic acids is 1. The zero-order valence-electron chi connectivity index (χ0n) is 13.3. The van der Waals surface area contributed by atoms with Crippen molar-refractivity contribution < 1.29 is 24.2 Å². The molecule has 1 aliphatic rings. The summed E-state index contributed by atoms with van der Waals surface area (Å²) in [5.74, 6) is -1.80. The molecule has 23 heavy (non-hydrogen) atoms. The van der Waals surface area contributed by atoms with Gasteiger partial charge in [0.1, 0.15) is 6.61 Å². The Morgan fingerprint density at radius 3 is 2.52 bits per heavy atom. The summed E-state index contributed by atoms with van der Waals surface area (Å²) in [6.07, 6.45) is 0. The van der Waals surface area contributed by atoms with Crippen molar-refractivity contribution in [1.82, 2.24) is 4.90 Å². The lowest BCUT2D eigenvalue weighted by Gasteiger charge is -2.16. The largest absolute Gasteiger partial charge is 0.481 e. The molecule has 126 valence electrons. The lowest BCUT2D eigenvalue weighted by atomic mass is 9.89. The second kappa shape index (κ2) is 8.64. The average molecular weight is 321 g/mol. The lowest BCUT2D eigenvalue weighted by molar-refractivity contribution is -0.142. The van der Waals surface area contributed by atoms with Crippen LogP contribution in [-0.4, -0.2) is 61.4 Å². The minimum atomic E-state index is -0.869. The number of aliphatic carboxylic acids is 1. The Bertz CT molecular complexity index is 519. The van der Waals surface area contributed by atoms with Gasteiger partial charge in [0.25, 0.3) is 0 Å². The maximum atomic E-state index is 12.2. The molecule has 1 aromatic carbocycles. The zero-order valence-corrected chi connectivity index (χ0v) is 13.3. The van der Waals surface area contributed by atoms with E-state index in [1.54, 1.807) is 4.90 Å². The van der Waals surface area contributed by atoms with Crippen LogP contribution >= 0.6 is 0 Å². The SMILES string of the molecule is CCOCCOCC(=O)N1C[C@H](C(=O)O)[C@H](c2ccccc2)C1. The molecule has 0 saturated carbocycles. The van der Waals surface area contributed by atoms with Crippen molar-refractivity contribution in [3.63, 3.8) is 0 Å². The van der Waals surface area contributed by atoms with Crippen LogP contribution in [0.2, 0.25) is 0 Å². The molecule has 1 N–H and O–H groups in total. The van der Waals surface area contributed by atoms with Gasteiger partial charge in [-0.05, 0) is 12.5 Å². The van der Waals surface area contributed by atoms with Gasteiger partial charge >= 0.3 is 5.97 Å². The molecule has 6 nitrogen and oxygen atoms in total. The predicted molar refractivity (Wildman–Crippen MR) is 84.2 cm³/mol. The van der Waals surface area contributed by atoms with Crippen molar-refractivity contribution >= 4 is 11.9 Å². The van der Waals surface area contributed by atoms with Gasteiger partial charge in [-0.25, -0.2) is 0 Å². The lowest BCUT2D eigenvalue weighted by Crippen LogP contribution is -2.33. The van der Waals surface area contributed by atoms with E-state index in [1.165, 1.54) is 0 Å². The Morgan fingerprint density at radius 1 is 1.17 bits per heavy atom. The van der Waals surface area contributed by atoms with Gasteiger partial charge in [0.2, 0.25) is 5.91 Å². The maximum absolute atomic E-state index is 12.2. The van der Waals surface area contributed by atoms with Crippen LogP contribution in [0.4, 0.5) is 0 Å². The molecular formula is C17H23NO5. The third-order valence-corrected chi connectivity index (χ3v) is 4.02. The number of hydrogen-bond acceptors (Lipinski definition) is 4. The summed E-state index contributed by atoms with van der Waals surface area (Å²) in [5.41, 5.74) is 0.951. The van der Waals surface area contributed by atoms with E-state index in [4.69, 9.17) is 9.47 Å². The first-order valence-electron chi connectivity index (χ1n) is 7.84. The Labute approximate surface area is 136 Å². The van der Waals surface area contributed by atoms with E-state index in [-0.39, 0.29) is 25.0 Å². The molecule has 1 saturated heterocycles. The standard InChI is InChI=1S/C17H23NO5/c1-2-22-8-9-23-12-16(19)18-10-14(15(11-18)17(20)21)13-6-4-3-5-7-13/h3-7,14-15H,2,8-12H2,1H3,(H,20,21)/t14-,15-/m0/s1. The van der Waals surface area contributed by atoms with Crippen LogP contribution < -0.4 is 0 Å². The van der Waals surface area contributed by atoms with Crippen LogP contribution in [0.3, 0.4) is 0 Å². The van der Waals surface area contributed by atoms with Gasteiger partial charge in [-0.1, -0.05) is 30.3 Å². The highest BCUT2D eigenvalue weighted by molar-refractivity contribution is 5.80. The quantitative estimate of drug-likeness (QED) is 0.732. The van der Waals surface area contributed by atoms with Gasteiger partial charge in [-0.15, -0.1) is 0 Å². The van der Waals surface area contributed by atoms with E-state index in [9.17, 15) is 14.7 Å². The topological polar surface area (TPSA) is 76.1 Å². The van der Waals surface area contributed by atoms with Crippen LogP contribution in [0.15, 0.2) is 30.3 Å². The summed E-state index contributed by atoms with van der Waals surface area (Å²) in [5, 5.41) is 9.43. The molecule has 0 aliphatic carbocycles. The molecular weight excluding hydrogens is 298 g/mol. The summed E-state index contributed by atoms with van der Waals surface area (Å²) in [4.78, 5) is 25.3. The molecule has 2 rings (SSSR count). The van der Waals surface area contributed by atoms with Crippen molar-refractivity contribution in [1.29, 1.82) is 0 Å². The number of carboxylic acid groups (broad SMARTS) is 1. The Morgan fingerprint density at radius 2 is 1.87 bits per heavy atom. The number of carbonyl (C=O) groups is 2. The molecule has 1 aliphatic heterocycles. The molecule has 0 unspecified atom stereocenters. The number of benzene rings is 1. The van der Waals surface area contributed by atoms with E-state index in [2.05, 4.69) is 0 Å². The first-order chi connectivity index (χ1) is 11.1. The first-order valence-corrected chi connectivity index (χ1v) is 7.84. The molecule has 1 fully saturated rings. The van der Waals surface area contributed by atoms with E-state index in [1.807, 2.05) is 37.3 Å². The van der Waals surface area contributed by atoms with E-state index < -0.39 is 11.9 Å². The number of hydrogen-bond donors (Lipinski definition) is 1. The number of rotatable bonds is 8. The molecule has 2 atom stereocenters. The number of likely N-dealkylation sites (tertiary alicyclic amines) is 1. The van der Waals surface area contributed by atoms with Crippen molar-refractivity contribution in [3.05, 3.63) is 35.9 Å². The van der Waals surface area contributed by atoms with Gasteiger partial charge in [-0.3, -0.25) is 9.59 Å². The Kier molecular flexibility index (Phi) is 6.55. The van der Waals surface area contributed by atoms with Crippen LogP contribution in [0.5, 0.6) is 0 Å². The van der Waals surface area contributed by atoms with E-state index in [0.717, 1.165) is 5.56 Å². The number of carboxylic acids is 1. The summed E-state index contributed by atoms with van der Waals surface area (Å²) < 4.78 is 10.4. The van der Waals surface area contributed by atoms with Gasteiger partial charge in [0.05, 0.1) is 19.1 Å². The van der Waals surface area contributed by atoms with E-state index in [0.29, 0.717) is 26.4 Å². The number of nitrogens with zero attached hydrogens (tertiary/aromatic N) is 1. The molecule has 0 aromatic heterocycles. The summed E-state index contributed by atoms with van der Waals surface area (Å²) in [7, 11) is 0. The third-order valence-electron chi connectivity index (χ3n) is 4.02. The fourth-order valence-corrected chi connectivity index (χ4v) is 2.81. The smallest absolute Gasteiger partial charge is 0.308 e. The Balaban J connectivity index is 1.92. The first kappa shape index (κ1) is 17.4. The van der Waals surface area contributed by atoms with Gasteiger partial charge in [-0.2, -0.15) is 0 Å². The molecule has 6 heteroatoms. The van der Waals surface area contributed by atoms with Gasteiger partial charge < -0.3 is 19.5 Å². The predicted octanol–water partition coefficient (Wildman–Crippen LogP) is 1.37. The minimum absolute atomic E-state index is 0.0408. The monoisotopic (exact) mass is 321 g/mol. The molecule has 0 radical (unpaired) electrons. The fraction of sp³-hybridized carbons (Fsp3) is 0.529. The number of ether oxygens (including phenoxy) is 2. The van der Waals surface area contributed by atoms with Crippen LogP contribution in [0, 0.1) is 5.92 Å². The average Bonchev–Trinajstić information content (AvgIpc) is 3.01.